The van der Waals surface area contributed by atoms with E-state index in [1.54, 1.807) is 11.9 Å². The molecule has 1 fully saturated rings. The number of amides is 1. The number of hydrogen-bond donors (Lipinski definition) is 1. The molecule has 0 unspecified atom stereocenters. The van der Waals surface area contributed by atoms with Crippen LogP contribution in [0.3, 0.4) is 0 Å². The molecule has 0 bridgehead atoms. The minimum atomic E-state index is 0.417. The number of hydrogen-bond acceptors (Lipinski definition) is 2. The average molecular weight is 307 g/mol. The van der Waals surface area contributed by atoms with Crippen LogP contribution in [0.1, 0.15) is 56.2 Å². The molecule has 126 valence electrons. The van der Waals surface area contributed by atoms with Crippen molar-refractivity contribution in [3.8, 4) is 0 Å². The third-order valence-electron chi connectivity index (χ3n) is 3.84. The Morgan fingerprint density at radius 1 is 1.23 bits per heavy atom. The van der Waals surface area contributed by atoms with Crippen LogP contribution >= 0.6 is 0 Å². The van der Waals surface area contributed by atoms with Crippen molar-refractivity contribution in [2.45, 2.75) is 59.9 Å². The molecule has 1 aromatic carbocycles. The highest BCUT2D eigenvalue weighted by Gasteiger charge is 2.12. The van der Waals surface area contributed by atoms with Gasteiger partial charge in [-0.05, 0) is 43.7 Å². The minimum Gasteiger partial charge on any atom is -0.396 e. The van der Waals surface area contributed by atoms with Crippen molar-refractivity contribution in [3.63, 3.8) is 0 Å². The molecule has 1 aliphatic rings. The van der Waals surface area contributed by atoms with Crippen LogP contribution in [0.25, 0.3) is 0 Å². The molecular formula is C19H33NO2. The fourth-order valence-electron chi connectivity index (χ4n) is 2.47. The molecule has 0 atom stereocenters. The van der Waals surface area contributed by atoms with Crippen molar-refractivity contribution < 1.29 is 9.90 Å². The Hall–Kier alpha value is -1.35. The van der Waals surface area contributed by atoms with Gasteiger partial charge in [-0.25, -0.2) is 0 Å². The third kappa shape index (κ3) is 8.18. The first-order chi connectivity index (χ1) is 10.6. The second kappa shape index (κ2) is 12.2. The van der Waals surface area contributed by atoms with E-state index in [1.165, 1.54) is 42.4 Å². The van der Waals surface area contributed by atoms with E-state index in [2.05, 4.69) is 32.0 Å². The summed E-state index contributed by atoms with van der Waals surface area (Å²) in [6, 6.07) is 6.29. The topological polar surface area (TPSA) is 40.5 Å². The number of carbonyl (C=O) groups is 1. The van der Waals surface area contributed by atoms with Gasteiger partial charge in [-0.15, -0.1) is 0 Å². The molecule has 0 saturated heterocycles. The number of nitrogens with zero attached hydrogens (tertiary/aromatic N) is 1. The van der Waals surface area contributed by atoms with Crippen LogP contribution in [-0.4, -0.2) is 30.1 Å². The van der Waals surface area contributed by atoms with E-state index in [9.17, 15) is 4.79 Å². The molecule has 0 heterocycles. The molecule has 0 radical (unpaired) electrons. The Morgan fingerprint density at radius 3 is 2.27 bits per heavy atom. The van der Waals surface area contributed by atoms with Gasteiger partial charge in [-0.1, -0.05) is 50.5 Å². The predicted molar refractivity (Wildman–Crippen MR) is 93.8 cm³/mol. The largest absolute Gasteiger partial charge is 0.396 e. The van der Waals surface area contributed by atoms with Gasteiger partial charge >= 0.3 is 0 Å². The molecule has 1 saturated carbocycles. The Labute approximate surface area is 136 Å². The zero-order valence-electron chi connectivity index (χ0n) is 14.9. The summed E-state index contributed by atoms with van der Waals surface area (Å²) in [6.45, 7) is 9.23. The number of carbonyl (C=O) groups excluding carboxylic acids is 1. The summed E-state index contributed by atoms with van der Waals surface area (Å²) in [5.41, 5.74) is 3.69. The highest BCUT2D eigenvalue weighted by atomic mass is 16.3. The summed E-state index contributed by atoms with van der Waals surface area (Å²) in [5, 5.41) is 8.57. The first kappa shape index (κ1) is 20.6. The van der Waals surface area contributed by atoms with Crippen LogP contribution in [0.15, 0.2) is 18.2 Å². The van der Waals surface area contributed by atoms with Gasteiger partial charge in [0.2, 0.25) is 6.41 Å². The Balaban J connectivity index is 0.000000412. The lowest BCUT2D eigenvalue weighted by Gasteiger charge is -2.13. The first-order valence-electron chi connectivity index (χ1n) is 8.39. The lowest BCUT2D eigenvalue weighted by Crippen LogP contribution is -2.15. The Kier molecular flexibility index (Phi) is 11.5. The molecule has 1 aromatic rings. The number of benzene rings is 1. The van der Waals surface area contributed by atoms with E-state index in [-0.39, 0.29) is 0 Å². The van der Waals surface area contributed by atoms with Crippen molar-refractivity contribution in [1.82, 2.24) is 4.90 Å². The summed E-state index contributed by atoms with van der Waals surface area (Å²) in [6.07, 6.45) is 6.05. The lowest BCUT2D eigenvalue weighted by atomic mass is 10.1. The van der Waals surface area contributed by atoms with Crippen molar-refractivity contribution in [3.05, 3.63) is 34.9 Å². The van der Waals surface area contributed by atoms with Crippen molar-refractivity contribution in [2.75, 3.05) is 13.7 Å². The molecule has 2 rings (SSSR count). The standard InChI is InChI=1S/C11H15NO.C6H12O.C2H6/c1-9-4-5-10(2)11(6-9)7-12(3)8-13;7-5-6-3-1-2-4-6;1-2/h4-6,8H,7H2,1-3H3;6-7H,1-5H2;1-2H3. The van der Waals surface area contributed by atoms with E-state index in [0.717, 1.165) is 6.41 Å². The van der Waals surface area contributed by atoms with E-state index in [0.29, 0.717) is 19.1 Å². The second-order valence-corrected chi connectivity index (χ2v) is 5.78. The van der Waals surface area contributed by atoms with E-state index >= 15 is 0 Å². The summed E-state index contributed by atoms with van der Waals surface area (Å²) in [7, 11) is 1.79. The Bertz CT molecular complexity index is 412. The SMILES string of the molecule is CC.Cc1ccc(C)c(CN(C)C=O)c1.OCC1CCCC1. The summed E-state index contributed by atoms with van der Waals surface area (Å²) >= 11 is 0. The van der Waals surface area contributed by atoms with Crippen LogP contribution in [0, 0.1) is 19.8 Å². The van der Waals surface area contributed by atoms with Crippen LogP contribution in [-0.2, 0) is 11.3 Å². The van der Waals surface area contributed by atoms with Gasteiger partial charge in [0.1, 0.15) is 0 Å². The summed E-state index contributed by atoms with van der Waals surface area (Å²) in [4.78, 5) is 12.1. The molecule has 1 aliphatic carbocycles. The molecule has 3 heteroatoms. The Morgan fingerprint density at radius 2 is 1.82 bits per heavy atom. The van der Waals surface area contributed by atoms with Crippen molar-refractivity contribution >= 4 is 6.41 Å². The molecule has 3 nitrogen and oxygen atoms in total. The van der Waals surface area contributed by atoms with E-state index in [1.807, 2.05) is 13.8 Å². The maximum Gasteiger partial charge on any atom is 0.209 e. The van der Waals surface area contributed by atoms with Crippen LogP contribution < -0.4 is 0 Å². The summed E-state index contributed by atoms with van der Waals surface area (Å²) < 4.78 is 0. The molecular weight excluding hydrogens is 274 g/mol. The zero-order chi connectivity index (χ0) is 17.0. The quantitative estimate of drug-likeness (QED) is 0.851. The highest BCUT2D eigenvalue weighted by molar-refractivity contribution is 5.47. The second-order valence-electron chi connectivity index (χ2n) is 5.78. The highest BCUT2D eigenvalue weighted by Crippen LogP contribution is 2.23. The molecule has 0 aromatic heterocycles. The fourth-order valence-corrected chi connectivity index (χ4v) is 2.47. The fraction of sp³-hybridized carbons (Fsp3) is 0.632. The molecule has 1 amide bonds. The number of rotatable bonds is 4. The van der Waals surface area contributed by atoms with Crippen molar-refractivity contribution in [1.29, 1.82) is 0 Å². The molecule has 0 aliphatic heterocycles. The van der Waals surface area contributed by atoms with Gasteiger partial charge in [0.05, 0.1) is 0 Å². The van der Waals surface area contributed by atoms with E-state index < -0.39 is 0 Å². The lowest BCUT2D eigenvalue weighted by molar-refractivity contribution is -0.117. The van der Waals surface area contributed by atoms with Crippen LogP contribution in [0.4, 0.5) is 0 Å². The molecule has 0 spiro atoms. The van der Waals surface area contributed by atoms with Gasteiger partial charge in [-0.2, -0.15) is 0 Å². The maximum atomic E-state index is 10.4. The van der Waals surface area contributed by atoms with E-state index in [4.69, 9.17) is 5.11 Å². The zero-order valence-corrected chi connectivity index (χ0v) is 14.9. The van der Waals surface area contributed by atoms with Gasteiger partial charge in [0.25, 0.3) is 0 Å². The minimum absolute atomic E-state index is 0.417. The maximum absolute atomic E-state index is 10.4. The number of aryl methyl sites for hydroxylation is 2. The molecule has 1 N–H and O–H groups in total. The van der Waals surface area contributed by atoms with Gasteiger partial charge in [0.15, 0.2) is 0 Å². The first-order valence-corrected chi connectivity index (χ1v) is 8.39. The average Bonchev–Trinajstić information content (AvgIpc) is 3.07. The predicted octanol–water partition coefficient (Wildman–Crippen LogP) is 4.09. The smallest absolute Gasteiger partial charge is 0.209 e. The normalized spacial score (nSPS) is 13.5. The third-order valence-corrected chi connectivity index (χ3v) is 3.84. The number of aliphatic hydroxyl groups is 1. The molecule has 22 heavy (non-hydrogen) atoms. The summed E-state index contributed by atoms with van der Waals surface area (Å²) in [5.74, 6) is 0.653. The monoisotopic (exact) mass is 307 g/mol. The number of aliphatic hydroxyl groups excluding tert-OH is 1. The van der Waals surface area contributed by atoms with Crippen LogP contribution in [0.2, 0.25) is 0 Å². The van der Waals surface area contributed by atoms with Crippen molar-refractivity contribution in [2.24, 2.45) is 5.92 Å². The van der Waals surface area contributed by atoms with Gasteiger partial charge in [0, 0.05) is 20.2 Å². The van der Waals surface area contributed by atoms with Gasteiger partial charge in [-0.3, -0.25) is 4.79 Å². The van der Waals surface area contributed by atoms with Gasteiger partial charge < -0.3 is 10.0 Å². The van der Waals surface area contributed by atoms with Crippen LogP contribution in [0.5, 0.6) is 0 Å².